The molecule has 0 saturated carbocycles. The lowest BCUT2D eigenvalue weighted by atomic mass is 9.99. The van der Waals surface area contributed by atoms with Gasteiger partial charge in [-0.25, -0.2) is 4.39 Å². The van der Waals surface area contributed by atoms with Gasteiger partial charge in [-0.3, -0.25) is 4.79 Å². The van der Waals surface area contributed by atoms with E-state index in [1.165, 1.54) is 12.1 Å². The van der Waals surface area contributed by atoms with Crippen LogP contribution in [0, 0.1) is 17.1 Å². The van der Waals surface area contributed by atoms with Crippen molar-refractivity contribution in [2.24, 2.45) is 0 Å². The first kappa shape index (κ1) is 12.0. The number of halogens is 1. The maximum Gasteiger partial charge on any atom is 0.167 e. The highest BCUT2D eigenvalue weighted by atomic mass is 19.1. The quantitative estimate of drug-likeness (QED) is 0.772. The van der Waals surface area contributed by atoms with E-state index in [-0.39, 0.29) is 17.8 Å². The fraction of sp³-hybridized carbons (Fsp3) is 0.0667. The number of nitriles is 1. The van der Waals surface area contributed by atoms with Crippen LogP contribution in [0.15, 0.2) is 48.5 Å². The number of hydrogen-bond acceptors (Lipinski definition) is 2. The molecule has 0 aliphatic carbocycles. The topological polar surface area (TPSA) is 40.9 Å². The molecule has 0 atom stereocenters. The molecule has 2 aromatic carbocycles. The normalized spacial score (nSPS) is 9.78. The van der Waals surface area contributed by atoms with E-state index in [0.29, 0.717) is 11.1 Å². The Kier molecular flexibility index (Phi) is 3.49. The summed E-state index contributed by atoms with van der Waals surface area (Å²) in [5, 5.41) is 8.88. The van der Waals surface area contributed by atoms with Crippen molar-refractivity contribution in [1.29, 1.82) is 5.26 Å². The number of carbonyl (C=O) groups is 1. The molecule has 2 nitrogen and oxygen atoms in total. The summed E-state index contributed by atoms with van der Waals surface area (Å²) in [4.78, 5) is 12.0. The molecule has 0 aromatic heterocycles. The third-order valence-corrected chi connectivity index (χ3v) is 2.66. The summed E-state index contributed by atoms with van der Waals surface area (Å²) >= 11 is 0. The molecule has 0 aliphatic rings. The summed E-state index contributed by atoms with van der Waals surface area (Å²) in [5.41, 5.74) is 0.929. The van der Waals surface area contributed by atoms with Gasteiger partial charge in [0.1, 0.15) is 11.9 Å². The molecule has 88 valence electrons. The van der Waals surface area contributed by atoms with Crippen LogP contribution >= 0.6 is 0 Å². The molecule has 3 heteroatoms. The Labute approximate surface area is 104 Å². The Morgan fingerprint density at radius 3 is 2.50 bits per heavy atom. The standard InChI is InChI=1S/C15H10FNO/c16-14-8-4-7-12(13(14)10-17)9-15(18)11-5-2-1-3-6-11/h1-8H,9H2. The molecule has 0 heterocycles. The number of carbonyl (C=O) groups excluding carboxylic acids is 1. The minimum absolute atomic E-state index is 0.0324. The van der Waals surface area contributed by atoms with Gasteiger partial charge in [-0.05, 0) is 11.6 Å². The van der Waals surface area contributed by atoms with Crippen LogP contribution in [-0.2, 0) is 6.42 Å². The Morgan fingerprint density at radius 1 is 1.11 bits per heavy atom. The van der Waals surface area contributed by atoms with Crippen LogP contribution in [0.25, 0.3) is 0 Å². The zero-order valence-electron chi connectivity index (χ0n) is 9.56. The molecule has 0 amide bonds. The van der Waals surface area contributed by atoms with Crippen LogP contribution < -0.4 is 0 Å². The SMILES string of the molecule is N#Cc1c(F)cccc1CC(=O)c1ccccc1. The van der Waals surface area contributed by atoms with E-state index >= 15 is 0 Å². The zero-order valence-corrected chi connectivity index (χ0v) is 9.56. The van der Waals surface area contributed by atoms with Gasteiger partial charge in [0, 0.05) is 12.0 Å². The summed E-state index contributed by atoms with van der Waals surface area (Å²) in [6.07, 6.45) is 0.0324. The first-order chi connectivity index (χ1) is 8.72. The maximum atomic E-state index is 13.4. The van der Waals surface area contributed by atoms with Gasteiger partial charge in [0.05, 0.1) is 5.56 Å². The molecule has 0 fully saturated rings. The molecule has 2 rings (SSSR count). The lowest BCUT2D eigenvalue weighted by molar-refractivity contribution is 0.0993. The van der Waals surface area contributed by atoms with Gasteiger partial charge in [-0.2, -0.15) is 5.26 Å². The third-order valence-electron chi connectivity index (χ3n) is 2.66. The number of rotatable bonds is 3. The predicted octanol–water partition coefficient (Wildman–Crippen LogP) is 3.12. The van der Waals surface area contributed by atoms with E-state index in [9.17, 15) is 9.18 Å². The first-order valence-corrected chi connectivity index (χ1v) is 5.48. The molecule has 0 saturated heterocycles. The maximum absolute atomic E-state index is 13.4. The molecule has 18 heavy (non-hydrogen) atoms. The molecule has 0 N–H and O–H groups in total. The number of nitrogens with zero attached hydrogens (tertiary/aromatic N) is 1. The molecule has 0 spiro atoms. The van der Waals surface area contributed by atoms with Crippen molar-refractivity contribution in [2.75, 3.05) is 0 Å². The van der Waals surface area contributed by atoms with E-state index < -0.39 is 5.82 Å². The Balaban J connectivity index is 2.29. The second-order valence-corrected chi connectivity index (χ2v) is 3.85. The van der Waals surface area contributed by atoms with Crippen molar-refractivity contribution in [3.63, 3.8) is 0 Å². The molecular formula is C15H10FNO. The van der Waals surface area contributed by atoms with Gasteiger partial charge in [-0.15, -0.1) is 0 Å². The molecule has 0 bridgehead atoms. The molecule has 0 unspecified atom stereocenters. The molecule has 2 aromatic rings. The second kappa shape index (κ2) is 5.24. The van der Waals surface area contributed by atoms with Crippen molar-refractivity contribution in [3.05, 3.63) is 71.0 Å². The van der Waals surface area contributed by atoms with Crippen LogP contribution in [0.2, 0.25) is 0 Å². The zero-order chi connectivity index (χ0) is 13.0. The molecule has 0 aliphatic heterocycles. The van der Waals surface area contributed by atoms with E-state index in [4.69, 9.17) is 5.26 Å². The first-order valence-electron chi connectivity index (χ1n) is 5.48. The van der Waals surface area contributed by atoms with Crippen LogP contribution in [0.1, 0.15) is 21.5 Å². The average molecular weight is 239 g/mol. The van der Waals surface area contributed by atoms with E-state index in [1.54, 1.807) is 36.4 Å². The van der Waals surface area contributed by atoms with Gasteiger partial charge < -0.3 is 0 Å². The van der Waals surface area contributed by atoms with Crippen molar-refractivity contribution in [3.8, 4) is 6.07 Å². The van der Waals surface area contributed by atoms with Gasteiger partial charge >= 0.3 is 0 Å². The minimum atomic E-state index is -0.587. The highest BCUT2D eigenvalue weighted by molar-refractivity contribution is 5.97. The lowest BCUT2D eigenvalue weighted by Gasteiger charge is -2.04. The average Bonchev–Trinajstić information content (AvgIpc) is 2.40. The van der Waals surface area contributed by atoms with Crippen molar-refractivity contribution in [1.82, 2.24) is 0 Å². The Bertz CT molecular complexity index is 614. The summed E-state index contributed by atoms with van der Waals surface area (Å²) in [6, 6.07) is 14.9. The van der Waals surface area contributed by atoms with Crippen LogP contribution in [0.5, 0.6) is 0 Å². The van der Waals surface area contributed by atoms with Crippen molar-refractivity contribution >= 4 is 5.78 Å². The monoisotopic (exact) mass is 239 g/mol. The van der Waals surface area contributed by atoms with E-state index in [0.717, 1.165) is 0 Å². The highest BCUT2D eigenvalue weighted by Gasteiger charge is 2.12. The van der Waals surface area contributed by atoms with Crippen molar-refractivity contribution in [2.45, 2.75) is 6.42 Å². The predicted molar refractivity (Wildman–Crippen MR) is 65.6 cm³/mol. The fourth-order valence-electron chi connectivity index (χ4n) is 1.74. The van der Waals surface area contributed by atoms with E-state index in [2.05, 4.69) is 0 Å². The Hall–Kier alpha value is -2.47. The second-order valence-electron chi connectivity index (χ2n) is 3.85. The van der Waals surface area contributed by atoms with Crippen LogP contribution in [-0.4, -0.2) is 5.78 Å². The number of Topliss-reactive ketones (excluding diaryl/α,β-unsaturated/α-hetero) is 1. The fourth-order valence-corrected chi connectivity index (χ4v) is 1.74. The third kappa shape index (κ3) is 2.44. The van der Waals surface area contributed by atoms with Crippen LogP contribution in [0.4, 0.5) is 4.39 Å². The minimum Gasteiger partial charge on any atom is -0.294 e. The van der Waals surface area contributed by atoms with Crippen LogP contribution in [0.3, 0.4) is 0 Å². The van der Waals surface area contributed by atoms with Gasteiger partial charge in [0.25, 0.3) is 0 Å². The van der Waals surface area contributed by atoms with Gasteiger partial charge in [0.15, 0.2) is 5.78 Å². The van der Waals surface area contributed by atoms with E-state index in [1.807, 2.05) is 6.07 Å². The number of ketones is 1. The summed E-state index contributed by atoms with van der Waals surface area (Å²) in [6.45, 7) is 0. The lowest BCUT2D eigenvalue weighted by Crippen LogP contribution is -2.05. The summed E-state index contributed by atoms with van der Waals surface area (Å²) < 4.78 is 13.4. The Morgan fingerprint density at radius 2 is 1.83 bits per heavy atom. The largest absolute Gasteiger partial charge is 0.294 e. The van der Waals surface area contributed by atoms with Gasteiger partial charge in [0.2, 0.25) is 0 Å². The van der Waals surface area contributed by atoms with Gasteiger partial charge in [-0.1, -0.05) is 42.5 Å². The summed E-state index contributed by atoms with van der Waals surface area (Å²) in [7, 11) is 0. The smallest absolute Gasteiger partial charge is 0.167 e. The van der Waals surface area contributed by atoms with Crippen molar-refractivity contribution < 1.29 is 9.18 Å². The number of hydrogen-bond donors (Lipinski definition) is 0. The summed E-state index contributed by atoms with van der Waals surface area (Å²) in [5.74, 6) is -0.714. The number of benzene rings is 2. The molecular weight excluding hydrogens is 229 g/mol. The molecule has 0 radical (unpaired) electrons. The highest BCUT2D eigenvalue weighted by Crippen LogP contribution is 2.15.